The minimum atomic E-state index is -0.488. The Balaban J connectivity index is 1.56. The zero-order valence-corrected chi connectivity index (χ0v) is 18.0. The average molecular weight is 435 g/mol. The molecule has 0 spiro atoms. The van der Waals surface area contributed by atoms with Gasteiger partial charge in [0.25, 0.3) is 0 Å². The first-order chi connectivity index (χ1) is 15.2. The fraction of sp³-hybridized carbons (Fsp3) is 0.240. The molecule has 1 atom stereocenters. The van der Waals surface area contributed by atoms with E-state index in [9.17, 15) is 4.79 Å². The Labute approximate surface area is 184 Å². The number of methoxy groups -OCH3 is 1. The smallest absolute Gasteiger partial charge is 0.223 e. The van der Waals surface area contributed by atoms with E-state index in [0.717, 1.165) is 28.6 Å². The molecule has 1 aliphatic heterocycles. The molecule has 0 bridgehead atoms. The topological polar surface area (TPSA) is 45.3 Å². The third-order valence-electron chi connectivity index (χ3n) is 6.02. The molecule has 2 aromatic heterocycles. The van der Waals surface area contributed by atoms with Crippen molar-refractivity contribution in [1.82, 2.24) is 9.88 Å². The van der Waals surface area contributed by atoms with Gasteiger partial charge >= 0.3 is 0 Å². The number of para-hydroxylation sites is 1. The Morgan fingerprint density at radius 3 is 2.87 bits per heavy atom. The lowest BCUT2D eigenvalue weighted by Crippen LogP contribution is -2.41. The van der Waals surface area contributed by atoms with Crippen LogP contribution >= 0.6 is 11.3 Å². The molecular weight excluding hydrogens is 411 g/mol. The first-order valence-corrected chi connectivity index (χ1v) is 11.3. The number of hydrogen-bond acceptors (Lipinski definition) is 3. The van der Waals surface area contributed by atoms with Crippen molar-refractivity contribution >= 4 is 28.1 Å². The molecule has 0 saturated heterocycles. The van der Waals surface area contributed by atoms with E-state index in [-0.39, 0.29) is 11.7 Å². The van der Waals surface area contributed by atoms with Crippen LogP contribution < -0.4 is 4.74 Å². The molecule has 0 aliphatic carbocycles. The van der Waals surface area contributed by atoms with Gasteiger partial charge in [-0.1, -0.05) is 24.3 Å². The van der Waals surface area contributed by atoms with Gasteiger partial charge in [0, 0.05) is 46.1 Å². The average Bonchev–Trinajstić information content (AvgIpc) is 3.44. The van der Waals surface area contributed by atoms with Crippen LogP contribution in [0.2, 0.25) is 0 Å². The third kappa shape index (κ3) is 3.61. The number of halogens is 1. The minimum Gasteiger partial charge on any atom is -0.497 e. The molecule has 1 amide bonds. The highest BCUT2D eigenvalue weighted by Gasteiger charge is 2.35. The van der Waals surface area contributed by atoms with Gasteiger partial charge in [-0.25, -0.2) is 4.39 Å². The van der Waals surface area contributed by atoms with Crippen LogP contribution in [-0.4, -0.2) is 29.4 Å². The third-order valence-corrected chi connectivity index (χ3v) is 6.96. The zero-order chi connectivity index (χ0) is 21.4. The van der Waals surface area contributed by atoms with Crippen molar-refractivity contribution in [3.05, 3.63) is 87.5 Å². The summed E-state index contributed by atoms with van der Waals surface area (Å²) in [7, 11) is 1.52. The van der Waals surface area contributed by atoms with Crippen LogP contribution in [0.4, 0.5) is 4.39 Å². The molecule has 4 aromatic rings. The van der Waals surface area contributed by atoms with Crippen LogP contribution in [0.15, 0.2) is 60.0 Å². The van der Waals surface area contributed by atoms with Crippen LogP contribution in [0.25, 0.3) is 10.9 Å². The van der Waals surface area contributed by atoms with E-state index in [1.165, 1.54) is 18.1 Å². The van der Waals surface area contributed by atoms with Crippen LogP contribution in [-0.2, 0) is 17.6 Å². The summed E-state index contributed by atoms with van der Waals surface area (Å²) in [5, 5.41) is 3.16. The number of carbonyl (C=O) groups is 1. The molecule has 4 nitrogen and oxygen atoms in total. The van der Waals surface area contributed by atoms with Crippen molar-refractivity contribution in [3.63, 3.8) is 0 Å². The number of fused-ring (bicyclic) bond motifs is 3. The highest BCUT2D eigenvalue weighted by atomic mass is 32.1. The van der Waals surface area contributed by atoms with Gasteiger partial charge in [0.05, 0.1) is 7.11 Å². The lowest BCUT2D eigenvalue weighted by atomic mass is 9.91. The highest BCUT2D eigenvalue weighted by Crippen LogP contribution is 2.40. The van der Waals surface area contributed by atoms with Gasteiger partial charge in [0.1, 0.15) is 17.6 Å². The number of ether oxygens (including phenoxy) is 1. The lowest BCUT2D eigenvalue weighted by molar-refractivity contribution is -0.133. The molecule has 158 valence electrons. The van der Waals surface area contributed by atoms with Crippen molar-refractivity contribution in [2.75, 3.05) is 13.7 Å². The first-order valence-electron chi connectivity index (χ1n) is 10.4. The number of aromatic nitrogens is 1. The molecule has 3 heterocycles. The Kier molecular flexibility index (Phi) is 5.24. The second-order valence-electron chi connectivity index (χ2n) is 7.77. The quantitative estimate of drug-likeness (QED) is 0.452. The van der Waals surface area contributed by atoms with Crippen molar-refractivity contribution in [2.45, 2.75) is 25.3 Å². The number of carbonyl (C=O) groups excluding carboxylic acids is 1. The normalized spacial score (nSPS) is 15.8. The number of aromatic amines is 1. The number of amides is 1. The highest BCUT2D eigenvalue weighted by molar-refractivity contribution is 7.09. The molecule has 6 heteroatoms. The maximum absolute atomic E-state index is 15.2. The molecule has 2 aromatic carbocycles. The van der Waals surface area contributed by atoms with Gasteiger partial charge in [-0.05, 0) is 48.1 Å². The number of benzene rings is 2. The fourth-order valence-electron chi connectivity index (χ4n) is 4.52. The van der Waals surface area contributed by atoms with E-state index in [1.54, 1.807) is 23.5 Å². The molecule has 1 unspecified atom stereocenters. The van der Waals surface area contributed by atoms with E-state index in [2.05, 4.69) is 11.1 Å². The largest absolute Gasteiger partial charge is 0.497 e. The summed E-state index contributed by atoms with van der Waals surface area (Å²) >= 11 is 1.66. The van der Waals surface area contributed by atoms with Gasteiger partial charge in [0.2, 0.25) is 5.91 Å². The number of rotatable bonds is 5. The number of aryl methyl sites for hydroxylation is 1. The minimum absolute atomic E-state index is 0.0397. The monoisotopic (exact) mass is 434 g/mol. The summed E-state index contributed by atoms with van der Waals surface area (Å²) in [6.45, 7) is 0.564. The summed E-state index contributed by atoms with van der Waals surface area (Å²) in [5.41, 5.74) is 3.57. The van der Waals surface area contributed by atoms with Gasteiger partial charge < -0.3 is 14.6 Å². The van der Waals surface area contributed by atoms with Crippen LogP contribution in [0.3, 0.4) is 0 Å². The predicted octanol–water partition coefficient (Wildman–Crippen LogP) is 5.48. The summed E-state index contributed by atoms with van der Waals surface area (Å²) in [5.74, 6) is 0.134. The van der Waals surface area contributed by atoms with E-state index in [0.29, 0.717) is 30.7 Å². The zero-order valence-electron chi connectivity index (χ0n) is 17.2. The van der Waals surface area contributed by atoms with Crippen molar-refractivity contribution in [3.8, 4) is 5.75 Å². The van der Waals surface area contributed by atoms with Crippen molar-refractivity contribution in [2.24, 2.45) is 0 Å². The maximum atomic E-state index is 15.2. The number of nitrogens with one attached hydrogen (secondary N) is 1. The standard InChI is InChI=1S/C25H23FN2O2S/c1-30-16-8-10-20(21(26)15-16)25-24-19(18-6-2-3-7-22(18)27-24)12-13-28(25)23(29)11-9-17-5-4-14-31-17/h2-8,10,14-15,25,27H,9,11-13H2,1H3. The van der Waals surface area contributed by atoms with E-state index < -0.39 is 6.04 Å². The molecular formula is C25H23FN2O2S. The van der Waals surface area contributed by atoms with Crippen LogP contribution in [0.5, 0.6) is 5.75 Å². The molecule has 1 aliphatic rings. The van der Waals surface area contributed by atoms with E-state index >= 15 is 4.39 Å². The maximum Gasteiger partial charge on any atom is 0.223 e. The number of nitrogens with zero attached hydrogens (tertiary/aromatic N) is 1. The molecule has 0 fully saturated rings. The van der Waals surface area contributed by atoms with Gasteiger partial charge in [-0.3, -0.25) is 4.79 Å². The summed E-state index contributed by atoms with van der Waals surface area (Å²) < 4.78 is 20.4. The van der Waals surface area contributed by atoms with Crippen LogP contribution in [0.1, 0.15) is 34.2 Å². The molecule has 5 rings (SSSR count). The number of hydrogen-bond donors (Lipinski definition) is 1. The summed E-state index contributed by atoms with van der Waals surface area (Å²) in [6, 6.07) is 16.5. The molecule has 31 heavy (non-hydrogen) atoms. The molecule has 0 radical (unpaired) electrons. The predicted molar refractivity (Wildman–Crippen MR) is 121 cm³/mol. The SMILES string of the molecule is COc1ccc(C2c3[nH]c4ccccc4c3CCN2C(=O)CCc2cccs2)c(F)c1. The van der Waals surface area contributed by atoms with Crippen LogP contribution in [0, 0.1) is 5.82 Å². The lowest BCUT2D eigenvalue weighted by Gasteiger charge is -2.36. The Bertz CT molecular complexity index is 1230. The molecule has 1 N–H and O–H groups in total. The second-order valence-corrected chi connectivity index (χ2v) is 8.80. The summed E-state index contributed by atoms with van der Waals surface area (Å²) in [6.07, 6.45) is 1.85. The van der Waals surface area contributed by atoms with E-state index in [4.69, 9.17) is 4.74 Å². The Morgan fingerprint density at radius 2 is 2.10 bits per heavy atom. The number of H-pyrrole nitrogens is 1. The summed E-state index contributed by atoms with van der Waals surface area (Å²) in [4.78, 5) is 19.8. The molecule has 0 saturated carbocycles. The Hall–Kier alpha value is -3.12. The van der Waals surface area contributed by atoms with Gasteiger partial charge in [-0.15, -0.1) is 11.3 Å². The fourth-order valence-corrected chi connectivity index (χ4v) is 5.23. The van der Waals surface area contributed by atoms with Gasteiger partial charge in [-0.2, -0.15) is 0 Å². The van der Waals surface area contributed by atoms with Crippen molar-refractivity contribution in [1.29, 1.82) is 0 Å². The Morgan fingerprint density at radius 1 is 1.23 bits per heavy atom. The van der Waals surface area contributed by atoms with Gasteiger partial charge in [0.15, 0.2) is 0 Å². The number of thiophene rings is 1. The first kappa shape index (κ1) is 19.8. The van der Waals surface area contributed by atoms with E-state index in [1.807, 2.05) is 40.6 Å². The second kappa shape index (κ2) is 8.19. The van der Waals surface area contributed by atoms with Crippen molar-refractivity contribution < 1.29 is 13.9 Å².